The Bertz CT molecular complexity index is 1340. The molecule has 0 unspecified atom stereocenters. The number of halogens is 1. The van der Waals surface area contributed by atoms with Gasteiger partial charge in [-0.15, -0.1) is 0 Å². The predicted molar refractivity (Wildman–Crippen MR) is 117 cm³/mol. The van der Waals surface area contributed by atoms with Gasteiger partial charge in [0.25, 0.3) is 5.56 Å². The van der Waals surface area contributed by atoms with E-state index in [0.717, 1.165) is 20.2 Å². The SMILES string of the molecule is CCOCCS(=O)(=O)c1nc2c(c(=O)n(C)c(=O)n2C)n1Cc1ccc(C)c(Br)c1. The molecule has 0 bridgehead atoms. The second-order valence-electron chi connectivity index (χ2n) is 6.96. The Morgan fingerprint density at radius 2 is 1.87 bits per heavy atom. The smallest absolute Gasteiger partial charge is 0.332 e. The third-order valence-corrected chi connectivity index (χ3v) is 7.30. The Morgan fingerprint density at radius 3 is 2.50 bits per heavy atom. The fourth-order valence-corrected chi connectivity index (χ4v) is 4.80. The van der Waals surface area contributed by atoms with Crippen molar-refractivity contribution in [2.24, 2.45) is 14.1 Å². The van der Waals surface area contributed by atoms with Crippen LogP contribution >= 0.6 is 15.9 Å². The molecule has 9 nitrogen and oxygen atoms in total. The van der Waals surface area contributed by atoms with Crippen LogP contribution in [0, 0.1) is 6.92 Å². The molecule has 0 aliphatic rings. The first-order valence-corrected chi connectivity index (χ1v) is 11.7. The summed E-state index contributed by atoms with van der Waals surface area (Å²) >= 11 is 3.48. The average molecular weight is 499 g/mol. The van der Waals surface area contributed by atoms with Crippen molar-refractivity contribution in [2.75, 3.05) is 19.0 Å². The van der Waals surface area contributed by atoms with Crippen molar-refractivity contribution in [3.05, 3.63) is 54.6 Å². The van der Waals surface area contributed by atoms with Gasteiger partial charge in [0.05, 0.1) is 18.9 Å². The van der Waals surface area contributed by atoms with Crippen molar-refractivity contribution in [1.29, 1.82) is 0 Å². The van der Waals surface area contributed by atoms with Crippen LogP contribution in [0.2, 0.25) is 0 Å². The van der Waals surface area contributed by atoms with Crippen molar-refractivity contribution in [1.82, 2.24) is 18.7 Å². The minimum atomic E-state index is -3.87. The number of nitrogens with zero attached hydrogens (tertiary/aromatic N) is 4. The summed E-state index contributed by atoms with van der Waals surface area (Å²) in [5, 5.41) is -0.257. The summed E-state index contributed by atoms with van der Waals surface area (Å²) < 4.78 is 35.6. The molecule has 3 aromatic rings. The standard InChI is InChI=1S/C19H23BrN4O5S/c1-5-29-8-9-30(27,28)18-21-16-15(17(25)23(4)19(26)22(16)3)24(18)11-13-7-6-12(2)14(20)10-13/h6-7,10H,5,8-9,11H2,1-4H3. The highest BCUT2D eigenvalue weighted by atomic mass is 79.9. The van der Waals surface area contributed by atoms with Crippen molar-refractivity contribution in [2.45, 2.75) is 25.5 Å². The highest BCUT2D eigenvalue weighted by Gasteiger charge is 2.27. The van der Waals surface area contributed by atoms with Crippen LogP contribution in [-0.2, 0) is 35.2 Å². The van der Waals surface area contributed by atoms with Gasteiger partial charge >= 0.3 is 5.69 Å². The van der Waals surface area contributed by atoms with Crippen LogP contribution in [0.25, 0.3) is 11.2 Å². The van der Waals surface area contributed by atoms with Crippen molar-refractivity contribution >= 4 is 36.9 Å². The van der Waals surface area contributed by atoms with Crippen LogP contribution in [0.4, 0.5) is 0 Å². The molecule has 0 aliphatic heterocycles. The molecule has 0 aliphatic carbocycles. The molecule has 162 valence electrons. The minimum Gasteiger partial charge on any atom is -0.381 e. The van der Waals surface area contributed by atoms with Gasteiger partial charge in [-0.25, -0.2) is 13.2 Å². The van der Waals surface area contributed by atoms with E-state index in [-0.39, 0.29) is 35.2 Å². The molecule has 2 heterocycles. The van der Waals surface area contributed by atoms with E-state index in [9.17, 15) is 18.0 Å². The van der Waals surface area contributed by atoms with Crippen LogP contribution in [0.15, 0.2) is 37.4 Å². The quantitative estimate of drug-likeness (QED) is 0.455. The molecule has 0 N–H and O–H groups in total. The maximum absolute atomic E-state index is 13.0. The van der Waals surface area contributed by atoms with Gasteiger partial charge in [-0.05, 0) is 31.0 Å². The van der Waals surface area contributed by atoms with Gasteiger partial charge in [-0.1, -0.05) is 28.1 Å². The minimum absolute atomic E-state index is 0.00899. The molecule has 30 heavy (non-hydrogen) atoms. The van der Waals surface area contributed by atoms with Crippen molar-refractivity contribution in [3.63, 3.8) is 0 Å². The lowest BCUT2D eigenvalue weighted by molar-refractivity contribution is 0.163. The average Bonchev–Trinajstić information content (AvgIpc) is 3.08. The zero-order valence-corrected chi connectivity index (χ0v) is 19.6. The Labute approximate surface area is 182 Å². The molecule has 0 amide bonds. The van der Waals surface area contributed by atoms with Gasteiger partial charge in [0.2, 0.25) is 15.0 Å². The molecule has 11 heteroatoms. The van der Waals surface area contributed by atoms with Crippen LogP contribution in [-0.4, -0.2) is 46.1 Å². The first-order valence-electron chi connectivity index (χ1n) is 9.30. The number of aromatic nitrogens is 4. The Morgan fingerprint density at radius 1 is 1.17 bits per heavy atom. The van der Waals surface area contributed by atoms with Crippen LogP contribution < -0.4 is 11.2 Å². The van der Waals surface area contributed by atoms with Gasteiger partial charge in [-0.2, -0.15) is 4.98 Å². The summed E-state index contributed by atoms with van der Waals surface area (Å²) in [6, 6.07) is 5.62. The van der Waals surface area contributed by atoms with E-state index in [2.05, 4.69) is 20.9 Å². The van der Waals surface area contributed by atoms with Crippen LogP contribution in [0.5, 0.6) is 0 Å². The number of benzene rings is 1. The molecule has 0 saturated heterocycles. The summed E-state index contributed by atoms with van der Waals surface area (Å²) in [5.41, 5.74) is 0.725. The van der Waals surface area contributed by atoms with Crippen molar-refractivity contribution < 1.29 is 13.2 Å². The van der Waals surface area contributed by atoms with Gasteiger partial charge in [-0.3, -0.25) is 13.9 Å². The Balaban J connectivity index is 2.29. The lowest BCUT2D eigenvalue weighted by Gasteiger charge is -2.11. The number of aryl methyl sites for hydroxylation is 2. The van der Waals surface area contributed by atoms with Gasteiger partial charge in [0, 0.05) is 25.2 Å². The summed E-state index contributed by atoms with van der Waals surface area (Å²) in [4.78, 5) is 29.4. The maximum atomic E-state index is 13.0. The number of hydrogen-bond acceptors (Lipinski definition) is 6. The topological polar surface area (TPSA) is 105 Å². The van der Waals surface area contributed by atoms with Gasteiger partial charge < -0.3 is 9.30 Å². The molecule has 1 aromatic carbocycles. The van der Waals surface area contributed by atoms with Gasteiger partial charge in [0.1, 0.15) is 0 Å². The normalized spacial score (nSPS) is 12.0. The zero-order valence-electron chi connectivity index (χ0n) is 17.2. The Hall–Kier alpha value is -2.24. The highest BCUT2D eigenvalue weighted by Crippen LogP contribution is 2.22. The van der Waals surface area contributed by atoms with E-state index in [4.69, 9.17) is 4.74 Å². The number of hydrogen-bond donors (Lipinski definition) is 0. The fourth-order valence-electron chi connectivity index (χ4n) is 3.13. The largest absolute Gasteiger partial charge is 0.381 e. The molecule has 0 fully saturated rings. The molecule has 0 radical (unpaired) electrons. The van der Waals surface area contributed by atoms with Crippen molar-refractivity contribution in [3.8, 4) is 0 Å². The molecular formula is C19H23BrN4O5S. The molecule has 0 atom stereocenters. The monoisotopic (exact) mass is 498 g/mol. The fraction of sp³-hybridized carbons (Fsp3) is 0.421. The predicted octanol–water partition coefficient (Wildman–Crippen LogP) is 1.36. The first kappa shape index (κ1) is 22.4. The van der Waals surface area contributed by atoms with E-state index < -0.39 is 21.1 Å². The first-order chi connectivity index (χ1) is 14.1. The van der Waals surface area contributed by atoms with Crippen LogP contribution in [0.1, 0.15) is 18.1 Å². The lowest BCUT2D eigenvalue weighted by atomic mass is 10.1. The molecule has 0 saturated carbocycles. The molecular weight excluding hydrogens is 476 g/mol. The second-order valence-corrected chi connectivity index (χ2v) is 9.82. The lowest BCUT2D eigenvalue weighted by Crippen LogP contribution is -2.37. The number of sulfone groups is 1. The Kier molecular flexibility index (Phi) is 6.34. The van der Waals surface area contributed by atoms with E-state index in [0.29, 0.717) is 6.61 Å². The maximum Gasteiger partial charge on any atom is 0.332 e. The number of rotatable bonds is 7. The highest BCUT2D eigenvalue weighted by molar-refractivity contribution is 9.10. The van der Waals surface area contributed by atoms with E-state index in [1.165, 1.54) is 23.2 Å². The van der Waals surface area contributed by atoms with E-state index in [1.807, 2.05) is 25.1 Å². The molecule has 0 spiro atoms. The van der Waals surface area contributed by atoms with E-state index in [1.54, 1.807) is 6.92 Å². The number of ether oxygens (including phenoxy) is 1. The summed E-state index contributed by atoms with van der Waals surface area (Å²) in [6.45, 7) is 4.21. The third kappa shape index (κ3) is 4.01. The number of imidazole rings is 1. The van der Waals surface area contributed by atoms with E-state index >= 15 is 0 Å². The molecule has 2 aromatic heterocycles. The number of fused-ring (bicyclic) bond motifs is 1. The second kappa shape index (κ2) is 8.48. The van der Waals surface area contributed by atoms with Crippen LogP contribution in [0.3, 0.4) is 0 Å². The molecule has 3 rings (SSSR count). The third-order valence-electron chi connectivity index (χ3n) is 4.87. The summed E-state index contributed by atoms with van der Waals surface area (Å²) in [7, 11) is -1.06. The summed E-state index contributed by atoms with van der Waals surface area (Å²) in [5.74, 6) is -0.282. The zero-order chi connectivity index (χ0) is 22.2. The summed E-state index contributed by atoms with van der Waals surface area (Å²) in [6.07, 6.45) is 0. The van der Waals surface area contributed by atoms with Gasteiger partial charge in [0.15, 0.2) is 11.2 Å².